The lowest BCUT2D eigenvalue weighted by atomic mass is 9.99. The quantitative estimate of drug-likeness (QED) is 0.0177. The van der Waals surface area contributed by atoms with Crippen molar-refractivity contribution in [2.24, 2.45) is 0 Å². The van der Waals surface area contributed by atoms with Crippen LogP contribution in [0.1, 0.15) is 206 Å². The first-order valence-electron chi connectivity index (χ1n) is 23.7. The topological polar surface area (TPSA) is 212 Å². The van der Waals surface area contributed by atoms with Gasteiger partial charge < -0.3 is 40.3 Å². The number of allylic oxidation sites excluding steroid dienone is 2. The molecule has 14 heteroatoms. The summed E-state index contributed by atoms with van der Waals surface area (Å²) in [6.45, 7) is 3.24. The Morgan fingerprint density at radius 1 is 0.661 bits per heavy atom. The number of unbranched alkanes of at least 4 members (excludes halogenated alkanes) is 25. The van der Waals surface area contributed by atoms with E-state index in [1.165, 1.54) is 109 Å². The highest BCUT2D eigenvalue weighted by Gasteiger charge is 2.48. The van der Waals surface area contributed by atoms with Crippen molar-refractivity contribution < 1.29 is 57.0 Å². The first-order valence-corrected chi connectivity index (χ1v) is 25.0. The molecular weight excluding hydrogens is 779 g/mol. The second-order valence-electron chi connectivity index (χ2n) is 16.8. The van der Waals surface area contributed by atoms with Crippen LogP contribution in [0.25, 0.3) is 0 Å². The summed E-state index contributed by atoms with van der Waals surface area (Å²) in [4.78, 5) is 13.1. The van der Waals surface area contributed by atoms with Crippen molar-refractivity contribution in [3.8, 4) is 0 Å². The van der Waals surface area contributed by atoms with E-state index >= 15 is 0 Å². The molecule has 0 aliphatic carbocycles. The molecule has 0 saturated carbocycles. The van der Waals surface area contributed by atoms with Gasteiger partial charge in [0.1, 0.15) is 30.5 Å². The normalized spacial score (nSPS) is 21.5. The van der Waals surface area contributed by atoms with E-state index < -0.39 is 78.5 Å². The third kappa shape index (κ3) is 28.9. The van der Waals surface area contributed by atoms with Crippen molar-refractivity contribution in [2.75, 3.05) is 13.2 Å². The maximum absolute atomic E-state index is 13.1. The predicted octanol–water partition coefficient (Wildman–Crippen LogP) is 8.14. The number of ether oxygens (including phenoxy) is 2. The number of carbonyl (C=O) groups is 1. The maximum Gasteiger partial charge on any atom is 0.397 e. The summed E-state index contributed by atoms with van der Waals surface area (Å²) < 4.78 is 47.5. The molecule has 1 saturated heterocycles. The van der Waals surface area contributed by atoms with E-state index in [-0.39, 0.29) is 6.42 Å². The van der Waals surface area contributed by atoms with Gasteiger partial charge in [0.25, 0.3) is 0 Å². The van der Waals surface area contributed by atoms with Crippen molar-refractivity contribution >= 4 is 16.3 Å². The molecule has 350 valence electrons. The molecule has 0 aromatic rings. The molecule has 1 aliphatic rings. The second-order valence-corrected chi connectivity index (χ2v) is 17.9. The van der Waals surface area contributed by atoms with E-state index in [0.29, 0.717) is 19.3 Å². The van der Waals surface area contributed by atoms with Crippen LogP contribution in [0.3, 0.4) is 0 Å². The molecule has 0 aromatic heterocycles. The van der Waals surface area contributed by atoms with Gasteiger partial charge in [0.2, 0.25) is 5.91 Å². The Hall–Kier alpha value is -1.20. The minimum absolute atomic E-state index is 0.255. The number of amides is 1. The number of hydrogen-bond donors (Lipinski definition) is 7. The second kappa shape index (κ2) is 36.3. The zero-order chi connectivity index (χ0) is 43.6. The largest absolute Gasteiger partial charge is 0.397 e. The van der Waals surface area contributed by atoms with E-state index in [1.807, 2.05) is 0 Å². The van der Waals surface area contributed by atoms with Gasteiger partial charge >= 0.3 is 10.4 Å². The lowest BCUT2D eigenvalue weighted by Crippen LogP contribution is -2.61. The highest BCUT2D eigenvalue weighted by atomic mass is 32.3. The van der Waals surface area contributed by atoms with Gasteiger partial charge in [-0.05, 0) is 38.5 Å². The average molecular weight is 866 g/mol. The fourth-order valence-corrected chi connectivity index (χ4v) is 8.15. The molecule has 7 N–H and O–H groups in total. The molecule has 0 spiro atoms. The maximum atomic E-state index is 13.1. The zero-order valence-electron chi connectivity index (χ0n) is 36.9. The first-order chi connectivity index (χ1) is 28.4. The van der Waals surface area contributed by atoms with Gasteiger partial charge in [0, 0.05) is 0 Å². The van der Waals surface area contributed by atoms with Crippen molar-refractivity contribution in [1.29, 1.82) is 0 Å². The Morgan fingerprint density at radius 2 is 1.08 bits per heavy atom. The van der Waals surface area contributed by atoms with E-state index in [2.05, 4.69) is 35.5 Å². The number of hydrogen-bond acceptors (Lipinski definition) is 11. The van der Waals surface area contributed by atoms with Gasteiger partial charge in [-0.15, -0.1) is 0 Å². The summed E-state index contributed by atoms with van der Waals surface area (Å²) in [5, 5.41) is 55.2. The van der Waals surface area contributed by atoms with E-state index in [9.17, 15) is 38.7 Å². The number of aliphatic hydroxyl groups excluding tert-OH is 5. The van der Waals surface area contributed by atoms with Crippen LogP contribution in [-0.4, -0.2) is 107 Å². The molecular formula is C45H87NO12S. The minimum atomic E-state index is -5.10. The summed E-state index contributed by atoms with van der Waals surface area (Å²) in [6.07, 6.45) is 27.1. The third-order valence-corrected chi connectivity index (χ3v) is 11.9. The summed E-state index contributed by atoms with van der Waals surface area (Å²) in [7, 11) is -5.10. The standard InChI is InChI=1S/C45H87NO12S/c1-3-5-7-9-11-13-14-15-16-17-18-19-20-21-22-23-24-26-28-30-32-34-39(49)44(52)46-37(38(48)33-31-29-27-25-12-10-8-6-4-2)36-56-45-42(51)43(58-59(53,54)55)41(50)40(35-47)57-45/h20-21,37-43,45,47-51H,3-19,22-36H2,1-2H3,(H,46,52)(H,53,54,55)/b21-20-. The summed E-state index contributed by atoms with van der Waals surface area (Å²) in [6, 6.07) is -1.03. The van der Waals surface area contributed by atoms with Gasteiger partial charge in [-0.1, -0.05) is 180 Å². The Kier molecular flexibility index (Phi) is 34.3. The molecule has 59 heavy (non-hydrogen) atoms. The Balaban J connectivity index is 2.45. The van der Waals surface area contributed by atoms with E-state index in [4.69, 9.17) is 14.0 Å². The lowest BCUT2D eigenvalue weighted by molar-refractivity contribution is -0.298. The average Bonchev–Trinajstić information content (AvgIpc) is 3.20. The van der Waals surface area contributed by atoms with E-state index in [0.717, 1.165) is 57.8 Å². The van der Waals surface area contributed by atoms with Crippen LogP contribution in [0.5, 0.6) is 0 Å². The van der Waals surface area contributed by atoms with E-state index in [1.54, 1.807) is 0 Å². The fourth-order valence-electron chi connectivity index (χ4n) is 7.64. The third-order valence-electron chi connectivity index (χ3n) is 11.4. The molecule has 8 atom stereocenters. The van der Waals surface area contributed by atoms with Gasteiger partial charge in [-0.25, -0.2) is 4.18 Å². The molecule has 1 amide bonds. The number of rotatable bonds is 40. The summed E-state index contributed by atoms with van der Waals surface area (Å²) in [5.74, 6) is -0.675. The van der Waals surface area contributed by atoms with Gasteiger partial charge in [0.05, 0.1) is 25.4 Å². The number of aliphatic hydroxyl groups is 5. The lowest BCUT2D eigenvalue weighted by Gasteiger charge is -2.41. The van der Waals surface area contributed by atoms with Gasteiger partial charge in [-0.2, -0.15) is 8.42 Å². The van der Waals surface area contributed by atoms with Crippen LogP contribution < -0.4 is 5.32 Å². The molecule has 8 unspecified atom stereocenters. The summed E-state index contributed by atoms with van der Waals surface area (Å²) in [5.41, 5.74) is 0. The predicted molar refractivity (Wildman–Crippen MR) is 233 cm³/mol. The van der Waals surface area contributed by atoms with Crippen LogP contribution in [0.15, 0.2) is 12.2 Å². The molecule has 1 fully saturated rings. The van der Waals surface area contributed by atoms with Crippen molar-refractivity contribution in [2.45, 2.75) is 255 Å². The van der Waals surface area contributed by atoms with Crippen LogP contribution in [-0.2, 0) is 28.9 Å². The molecule has 1 rings (SSSR count). The van der Waals surface area contributed by atoms with Crippen LogP contribution in [0, 0.1) is 0 Å². The Morgan fingerprint density at radius 3 is 1.53 bits per heavy atom. The van der Waals surface area contributed by atoms with Gasteiger partial charge in [-0.3, -0.25) is 9.35 Å². The fraction of sp³-hybridized carbons (Fsp3) is 0.933. The summed E-state index contributed by atoms with van der Waals surface area (Å²) >= 11 is 0. The molecule has 0 aromatic carbocycles. The zero-order valence-corrected chi connectivity index (χ0v) is 37.8. The molecule has 1 heterocycles. The number of carbonyl (C=O) groups excluding carboxylic acids is 1. The van der Waals surface area contributed by atoms with Crippen molar-refractivity contribution in [3.63, 3.8) is 0 Å². The molecule has 1 aliphatic heterocycles. The van der Waals surface area contributed by atoms with Crippen molar-refractivity contribution in [1.82, 2.24) is 5.32 Å². The van der Waals surface area contributed by atoms with Gasteiger partial charge in [0.15, 0.2) is 6.29 Å². The van der Waals surface area contributed by atoms with Crippen LogP contribution >= 0.6 is 0 Å². The number of nitrogens with one attached hydrogen (secondary N) is 1. The highest BCUT2D eigenvalue weighted by Crippen LogP contribution is 2.26. The monoisotopic (exact) mass is 866 g/mol. The van der Waals surface area contributed by atoms with Crippen molar-refractivity contribution in [3.05, 3.63) is 12.2 Å². The Bertz CT molecular complexity index is 1130. The SMILES string of the molecule is CCCCCCCCCCCCC/C=C\CCCCCCCCC(O)C(=O)NC(COC1OC(CO)C(O)C(OS(=O)(=O)O)C1O)C(O)CCCCCCCCCCC. The smallest absolute Gasteiger partial charge is 0.394 e. The highest BCUT2D eigenvalue weighted by molar-refractivity contribution is 7.80. The molecule has 13 nitrogen and oxygen atoms in total. The molecule has 0 radical (unpaired) electrons. The minimum Gasteiger partial charge on any atom is -0.394 e. The van der Waals surface area contributed by atoms with Crippen LogP contribution in [0.4, 0.5) is 0 Å². The van der Waals surface area contributed by atoms with Crippen LogP contribution in [0.2, 0.25) is 0 Å². The Labute approximate surface area is 358 Å². The first kappa shape index (κ1) is 55.8. The molecule has 0 bridgehead atoms.